The molecule has 2 aromatic rings. The number of benzene rings is 1. The topological polar surface area (TPSA) is 67.2 Å². The molecule has 1 N–H and O–H groups in total. The van der Waals surface area contributed by atoms with Gasteiger partial charge in [-0.15, -0.1) is 0 Å². The molecule has 0 atom stereocenters. The van der Waals surface area contributed by atoms with Crippen LogP contribution in [0.15, 0.2) is 18.2 Å². The molecule has 2 amide bonds. The van der Waals surface area contributed by atoms with Crippen molar-refractivity contribution in [3.8, 4) is 0 Å². The van der Waals surface area contributed by atoms with E-state index in [1.807, 2.05) is 41.5 Å². The Morgan fingerprint density at radius 3 is 2.59 bits per heavy atom. The minimum absolute atomic E-state index is 0.0306. The molecule has 1 aliphatic heterocycles. The fourth-order valence-electron chi connectivity index (χ4n) is 4.28. The number of imidazole rings is 1. The van der Waals surface area contributed by atoms with E-state index in [0.717, 1.165) is 30.4 Å². The van der Waals surface area contributed by atoms with Crippen LogP contribution in [-0.2, 0) is 6.54 Å². The number of hydrogen-bond acceptors (Lipinski definition) is 3. The summed E-state index contributed by atoms with van der Waals surface area (Å²) in [5, 5.41) is 3.18. The van der Waals surface area contributed by atoms with Crippen LogP contribution in [0.1, 0.15) is 73.3 Å². The van der Waals surface area contributed by atoms with Crippen LogP contribution in [-0.4, -0.2) is 44.9 Å². The number of amides is 2. The maximum Gasteiger partial charge on any atom is 0.290 e. The number of aromatic nitrogens is 2. The number of fused-ring (bicyclic) bond motifs is 3. The van der Waals surface area contributed by atoms with Crippen molar-refractivity contribution >= 4 is 22.8 Å². The molecule has 6 nitrogen and oxygen atoms in total. The van der Waals surface area contributed by atoms with Crippen molar-refractivity contribution in [2.45, 2.75) is 71.0 Å². The summed E-state index contributed by atoms with van der Waals surface area (Å²) in [4.78, 5) is 31.8. The maximum atomic E-state index is 12.7. The smallest absolute Gasteiger partial charge is 0.290 e. The highest BCUT2D eigenvalue weighted by atomic mass is 16.2. The van der Waals surface area contributed by atoms with Gasteiger partial charge in [0.15, 0.2) is 5.82 Å². The first kappa shape index (κ1) is 18.0. The van der Waals surface area contributed by atoms with Gasteiger partial charge in [0.1, 0.15) is 0 Å². The molecule has 0 saturated heterocycles. The summed E-state index contributed by atoms with van der Waals surface area (Å²) in [6, 6.07) is 6.02. The molecule has 0 bridgehead atoms. The Balaban J connectivity index is 1.58. The van der Waals surface area contributed by atoms with Gasteiger partial charge in [-0.05, 0) is 44.9 Å². The Bertz CT molecular complexity index is 862. The summed E-state index contributed by atoms with van der Waals surface area (Å²) in [6.45, 7) is 5.47. The molecule has 27 heavy (non-hydrogen) atoms. The van der Waals surface area contributed by atoms with Crippen molar-refractivity contribution in [1.82, 2.24) is 19.8 Å². The molecule has 2 aliphatic rings. The lowest BCUT2D eigenvalue weighted by molar-refractivity contribution is 0.0643. The first-order valence-electron chi connectivity index (χ1n) is 10.2. The number of rotatable bonds is 3. The number of carbonyl (C=O) groups excluding carboxylic acids is 2. The van der Waals surface area contributed by atoms with Gasteiger partial charge < -0.3 is 14.8 Å². The molecule has 1 fully saturated rings. The van der Waals surface area contributed by atoms with Crippen LogP contribution >= 0.6 is 0 Å². The fraction of sp³-hybridized carbons (Fsp3) is 0.571. The zero-order valence-corrected chi connectivity index (χ0v) is 16.2. The van der Waals surface area contributed by atoms with E-state index in [1.165, 1.54) is 25.7 Å². The normalized spacial score (nSPS) is 18.6. The van der Waals surface area contributed by atoms with Gasteiger partial charge in [-0.2, -0.15) is 0 Å². The van der Waals surface area contributed by atoms with Crippen molar-refractivity contribution in [2.24, 2.45) is 0 Å². The van der Waals surface area contributed by atoms with Crippen LogP contribution in [0.4, 0.5) is 0 Å². The summed E-state index contributed by atoms with van der Waals surface area (Å²) < 4.78 is 1.98. The molecular weight excluding hydrogens is 340 g/mol. The summed E-state index contributed by atoms with van der Waals surface area (Å²) >= 11 is 0. The van der Waals surface area contributed by atoms with Crippen LogP contribution in [0.2, 0.25) is 0 Å². The van der Waals surface area contributed by atoms with Gasteiger partial charge >= 0.3 is 0 Å². The number of nitrogens with zero attached hydrogens (tertiary/aromatic N) is 3. The number of carbonyl (C=O) groups is 2. The molecule has 2 heterocycles. The van der Waals surface area contributed by atoms with Crippen molar-refractivity contribution in [3.05, 3.63) is 29.6 Å². The molecular formula is C21H28N4O2. The number of nitrogens with one attached hydrogen (secondary N) is 1. The van der Waals surface area contributed by atoms with Gasteiger partial charge in [-0.3, -0.25) is 9.59 Å². The number of hydrogen-bond donors (Lipinski definition) is 1. The highest BCUT2D eigenvalue weighted by Crippen LogP contribution is 2.23. The zero-order chi connectivity index (χ0) is 19.0. The molecule has 0 radical (unpaired) electrons. The van der Waals surface area contributed by atoms with Crippen molar-refractivity contribution in [2.75, 3.05) is 6.54 Å². The Morgan fingerprint density at radius 2 is 1.89 bits per heavy atom. The van der Waals surface area contributed by atoms with E-state index in [2.05, 4.69) is 10.3 Å². The average Bonchev–Trinajstić information content (AvgIpc) is 2.83. The molecule has 0 spiro atoms. The summed E-state index contributed by atoms with van der Waals surface area (Å²) in [6.07, 6.45) is 7.02. The second-order valence-corrected chi connectivity index (χ2v) is 8.04. The van der Waals surface area contributed by atoms with Gasteiger partial charge in [0.2, 0.25) is 0 Å². The molecule has 1 aromatic carbocycles. The second-order valence-electron chi connectivity index (χ2n) is 8.04. The minimum Gasteiger partial charge on any atom is -0.349 e. The lowest BCUT2D eigenvalue weighted by atomic mass is 10.1. The van der Waals surface area contributed by atoms with Crippen LogP contribution in [0.25, 0.3) is 11.0 Å². The van der Waals surface area contributed by atoms with E-state index in [1.54, 1.807) is 0 Å². The molecule has 1 saturated carbocycles. The Labute approximate surface area is 159 Å². The van der Waals surface area contributed by atoms with Gasteiger partial charge in [0, 0.05) is 30.7 Å². The van der Waals surface area contributed by atoms with E-state index in [4.69, 9.17) is 0 Å². The maximum absolute atomic E-state index is 12.7. The highest BCUT2D eigenvalue weighted by Gasteiger charge is 2.29. The van der Waals surface area contributed by atoms with Crippen LogP contribution in [0.5, 0.6) is 0 Å². The largest absolute Gasteiger partial charge is 0.349 e. The summed E-state index contributed by atoms with van der Waals surface area (Å²) in [5.41, 5.74) is 2.26. The first-order chi connectivity index (χ1) is 13.0. The second kappa shape index (κ2) is 7.33. The van der Waals surface area contributed by atoms with E-state index < -0.39 is 0 Å². The molecule has 0 unspecified atom stereocenters. The summed E-state index contributed by atoms with van der Waals surface area (Å²) in [7, 11) is 0. The van der Waals surface area contributed by atoms with Crippen molar-refractivity contribution in [3.63, 3.8) is 0 Å². The highest BCUT2D eigenvalue weighted by molar-refractivity contribution is 6.00. The Hall–Kier alpha value is -2.37. The monoisotopic (exact) mass is 368 g/mol. The third-order valence-corrected chi connectivity index (χ3v) is 5.84. The van der Waals surface area contributed by atoms with Crippen molar-refractivity contribution < 1.29 is 9.59 Å². The quantitative estimate of drug-likeness (QED) is 0.845. The SMILES string of the molecule is CC(C)N1CCn2c(nc3cc(C(=O)NC4CCCCCC4)ccc32)C1=O. The molecule has 1 aliphatic carbocycles. The van der Waals surface area contributed by atoms with Gasteiger partial charge in [-0.25, -0.2) is 4.98 Å². The molecule has 4 rings (SSSR count). The van der Waals surface area contributed by atoms with Crippen LogP contribution in [0, 0.1) is 0 Å². The van der Waals surface area contributed by atoms with E-state index >= 15 is 0 Å². The van der Waals surface area contributed by atoms with Gasteiger partial charge in [0.05, 0.1) is 11.0 Å². The third-order valence-electron chi connectivity index (χ3n) is 5.84. The lowest BCUT2D eigenvalue weighted by Crippen LogP contribution is -2.44. The van der Waals surface area contributed by atoms with Crippen LogP contribution < -0.4 is 5.32 Å². The minimum atomic E-state index is -0.0371. The zero-order valence-electron chi connectivity index (χ0n) is 16.2. The van der Waals surface area contributed by atoms with Crippen molar-refractivity contribution in [1.29, 1.82) is 0 Å². The van der Waals surface area contributed by atoms with Crippen LogP contribution in [0.3, 0.4) is 0 Å². The fourth-order valence-corrected chi connectivity index (χ4v) is 4.28. The molecule has 144 valence electrons. The standard InChI is InChI=1S/C21H28N4O2/c1-14(2)24-11-12-25-18-10-9-15(13-17(18)23-19(25)21(24)27)20(26)22-16-7-5-3-4-6-8-16/h9-10,13-14,16H,3-8,11-12H2,1-2H3,(H,22,26). The predicted molar refractivity (Wildman–Crippen MR) is 105 cm³/mol. The lowest BCUT2D eigenvalue weighted by Gasteiger charge is -2.30. The first-order valence-corrected chi connectivity index (χ1v) is 10.2. The van der Waals surface area contributed by atoms with E-state index in [-0.39, 0.29) is 23.9 Å². The Morgan fingerprint density at radius 1 is 1.15 bits per heavy atom. The Kier molecular flexibility index (Phi) is 4.89. The average molecular weight is 368 g/mol. The third kappa shape index (κ3) is 3.45. The van der Waals surface area contributed by atoms with Gasteiger partial charge in [-0.1, -0.05) is 25.7 Å². The summed E-state index contributed by atoms with van der Waals surface area (Å²) in [5.74, 6) is 0.410. The predicted octanol–water partition coefficient (Wildman–Crippen LogP) is 3.35. The van der Waals surface area contributed by atoms with E-state index in [9.17, 15) is 9.59 Å². The van der Waals surface area contributed by atoms with E-state index in [0.29, 0.717) is 17.9 Å². The molecule has 6 heteroatoms. The van der Waals surface area contributed by atoms with Gasteiger partial charge in [0.25, 0.3) is 11.8 Å². The molecule has 1 aromatic heterocycles.